The van der Waals surface area contributed by atoms with E-state index in [1.807, 2.05) is 0 Å². The first-order valence-electron chi connectivity index (χ1n) is 10.3. The smallest absolute Gasteiger partial charge is 0.305 e. The third-order valence-electron chi connectivity index (χ3n) is 4.42. The summed E-state index contributed by atoms with van der Waals surface area (Å²) in [6, 6.07) is 0. The molecule has 0 unspecified atom stereocenters. The molecule has 0 bridgehead atoms. The predicted molar refractivity (Wildman–Crippen MR) is 101 cm³/mol. The van der Waals surface area contributed by atoms with Gasteiger partial charge in [0.1, 0.15) is 0 Å². The summed E-state index contributed by atoms with van der Waals surface area (Å²) in [6.07, 6.45) is 18.3. The molecular formula is C21H42O2. The fraction of sp³-hybridized carbons (Fsp3) is 0.952. The Labute approximate surface area is 145 Å². The largest absolute Gasteiger partial charge is 0.466 e. The zero-order valence-electron chi connectivity index (χ0n) is 16.2. The van der Waals surface area contributed by atoms with Crippen LogP contribution in [-0.2, 0) is 9.53 Å². The van der Waals surface area contributed by atoms with E-state index in [1.165, 1.54) is 77.0 Å². The molecule has 0 N–H and O–H groups in total. The highest BCUT2D eigenvalue weighted by atomic mass is 16.5. The van der Waals surface area contributed by atoms with Crippen LogP contribution in [0.2, 0.25) is 0 Å². The Kier molecular flexibility index (Phi) is 17.4. The number of ether oxygens (including phenoxy) is 1. The number of unbranched alkanes of at least 4 members (excludes halogenated alkanes) is 11. The summed E-state index contributed by atoms with van der Waals surface area (Å²) in [7, 11) is 0. The van der Waals surface area contributed by atoms with Crippen LogP contribution in [0, 0.1) is 5.92 Å². The Morgan fingerprint density at radius 2 is 1.26 bits per heavy atom. The minimum absolute atomic E-state index is 0.00938. The Morgan fingerprint density at radius 3 is 1.87 bits per heavy atom. The summed E-state index contributed by atoms with van der Waals surface area (Å²) < 4.78 is 5.30. The van der Waals surface area contributed by atoms with Gasteiger partial charge in [-0.2, -0.15) is 0 Å². The van der Waals surface area contributed by atoms with Crippen LogP contribution in [0.25, 0.3) is 0 Å². The molecule has 0 atom stereocenters. The Hall–Kier alpha value is -0.530. The van der Waals surface area contributed by atoms with Crippen molar-refractivity contribution in [3.05, 3.63) is 0 Å². The lowest BCUT2D eigenvalue weighted by Crippen LogP contribution is -2.05. The second-order valence-electron chi connectivity index (χ2n) is 7.40. The average Bonchev–Trinajstić information content (AvgIpc) is 2.52. The lowest BCUT2D eigenvalue weighted by molar-refractivity contribution is -0.143. The first-order chi connectivity index (χ1) is 11.2. The Balaban J connectivity index is 3.16. The number of carbonyl (C=O) groups is 1. The highest BCUT2D eigenvalue weighted by Gasteiger charge is 2.02. The van der Waals surface area contributed by atoms with Crippen LogP contribution in [0.5, 0.6) is 0 Å². The lowest BCUT2D eigenvalue weighted by atomic mass is 10.0. The van der Waals surface area contributed by atoms with Crippen molar-refractivity contribution in [3.63, 3.8) is 0 Å². The van der Waals surface area contributed by atoms with Crippen LogP contribution in [0.15, 0.2) is 0 Å². The molecule has 0 aliphatic rings. The minimum atomic E-state index is 0.00938. The van der Waals surface area contributed by atoms with Crippen LogP contribution in [0.4, 0.5) is 0 Å². The first kappa shape index (κ1) is 22.5. The molecule has 0 spiro atoms. The van der Waals surface area contributed by atoms with E-state index in [0.717, 1.165) is 18.8 Å². The summed E-state index contributed by atoms with van der Waals surface area (Å²) >= 11 is 0. The van der Waals surface area contributed by atoms with E-state index in [9.17, 15) is 4.79 Å². The predicted octanol–water partition coefficient (Wildman–Crippen LogP) is 7.06. The van der Waals surface area contributed by atoms with Crippen LogP contribution in [0.3, 0.4) is 0 Å². The van der Waals surface area contributed by atoms with Gasteiger partial charge < -0.3 is 4.74 Å². The maximum Gasteiger partial charge on any atom is 0.305 e. The van der Waals surface area contributed by atoms with Crippen molar-refractivity contribution >= 4 is 5.97 Å². The number of esters is 1. The Bertz CT molecular complexity index is 248. The molecule has 0 heterocycles. The van der Waals surface area contributed by atoms with Gasteiger partial charge in [0.15, 0.2) is 0 Å². The fourth-order valence-electron chi connectivity index (χ4n) is 2.85. The second kappa shape index (κ2) is 17.8. The SMILES string of the molecule is CCCCCCCCCCCC(=O)OCCCCCCC(C)C. The molecule has 0 aromatic rings. The molecule has 0 amide bonds. The van der Waals surface area contributed by atoms with Gasteiger partial charge in [0.2, 0.25) is 0 Å². The molecule has 0 rings (SSSR count). The van der Waals surface area contributed by atoms with Crippen molar-refractivity contribution in [2.75, 3.05) is 6.61 Å². The molecule has 2 nitrogen and oxygen atoms in total. The van der Waals surface area contributed by atoms with E-state index in [4.69, 9.17) is 4.74 Å². The Morgan fingerprint density at radius 1 is 0.739 bits per heavy atom. The van der Waals surface area contributed by atoms with Crippen molar-refractivity contribution in [1.82, 2.24) is 0 Å². The topological polar surface area (TPSA) is 26.3 Å². The molecule has 138 valence electrons. The quantitative estimate of drug-likeness (QED) is 0.211. The lowest BCUT2D eigenvalue weighted by Gasteiger charge is -2.06. The van der Waals surface area contributed by atoms with E-state index in [-0.39, 0.29) is 5.97 Å². The third-order valence-corrected chi connectivity index (χ3v) is 4.42. The molecule has 0 saturated carbocycles. The number of hydrogen-bond donors (Lipinski definition) is 0. The highest BCUT2D eigenvalue weighted by molar-refractivity contribution is 5.69. The maximum atomic E-state index is 11.6. The van der Waals surface area contributed by atoms with Gasteiger partial charge in [0, 0.05) is 6.42 Å². The molecule has 0 aliphatic carbocycles. The van der Waals surface area contributed by atoms with E-state index < -0.39 is 0 Å². The zero-order chi connectivity index (χ0) is 17.2. The van der Waals surface area contributed by atoms with Gasteiger partial charge in [-0.1, -0.05) is 97.8 Å². The van der Waals surface area contributed by atoms with Crippen LogP contribution in [-0.4, -0.2) is 12.6 Å². The zero-order valence-corrected chi connectivity index (χ0v) is 16.2. The van der Waals surface area contributed by atoms with Crippen molar-refractivity contribution in [2.45, 2.75) is 117 Å². The first-order valence-corrected chi connectivity index (χ1v) is 10.3. The van der Waals surface area contributed by atoms with E-state index in [1.54, 1.807) is 0 Å². The molecule has 23 heavy (non-hydrogen) atoms. The number of hydrogen-bond acceptors (Lipinski definition) is 2. The third kappa shape index (κ3) is 19.4. The van der Waals surface area contributed by atoms with Gasteiger partial charge in [0.25, 0.3) is 0 Å². The van der Waals surface area contributed by atoms with Crippen molar-refractivity contribution in [1.29, 1.82) is 0 Å². The summed E-state index contributed by atoms with van der Waals surface area (Å²) in [5.74, 6) is 0.819. The monoisotopic (exact) mass is 326 g/mol. The van der Waals surface area contributed by atoms with Crippen LogP contribution < -0.4 is 0 Å². The van der Waals surface area contributed by atoms with E-state index >= 15 is 0 Å². The van der Waals surface area contributed by atoms with Gasteiger partial charge >= 0.3 is 5.97 Å². The molecule has 2 heteroatoms. The summed E-state index contributed by atoms with van der Waals surface area (Å²) in [6.45, 7) is 7.42. The van der Waals surface area contributed by atoms with Crippen molar-refractivity contribution < 1.29 is 9.53 Å². The average molecular weight is 327 g/mol. The second-order valence-corrected chi connectivity index (χ2v) is 7.40. The molecule has 0 radical (unpaired) electrons. The van der Waals surface area contributed by atoms with Gasteiger partial charge in [-0.25, -0.2) is 0 Å². The van der Waals surface area contributed by atoms with Crippen LogP contribution in [0.1, 0.15) is 117 Å². The highest BCUT2D eigenvalue weighted by Crippen LogP contribution is 2.11. The van der Waals surface area contributed by atoms with Gasteiger partial charge in [-0.3, -0.25) is 4.79 Å². The van der Waals surface area contributed by atoms with E-state index in [2.05, 4.69) is 20.8 Å². The van der Waals surface area contributed by atoms with Crippen molar-refractivity contribution in [3.8, 4) is 0 Å². The maximum absolute atomic E-state index is 11.6. The van der Waals surface area contributed by atoms with Gasteiger partial charge in [0.05, 0.1) is 6.61 Å². The molecular weight excluding hydrogens is 284 g/mol. The molecule has 0 saturated heterocycles. The molecule has 0 aromatic heterocycles. The number of carbonyl (C=O) groups excluding carboxylic acids is 1. The van der Waals surface area contributed by atoms with Gasteiger partial charge in [-0.15, -0.1) is 0 Å². The molecule has 0 aromatic carbocycles. The summed E-state index contributed by atoms with van der Waals surface area (Å²) in [4.78, 5) is 11.6. The summed E-state index contributed by atoms with van der Waals surface area (Å²) in [5, 5.41) is 0. The molecule has 0 aliphatic heterocycles. The standard InChI is InChI=1S/C21H42O2/c1-4-5-6-7-8-9-10-11-15-18-21(22)23-19-16-13-12-14-17-20(2)3/h20H,4-19H2,1-3H3. The normalized spacial score (nSPS) is 11.1. The van der Waals surface area contributed by atoms with Crippen molar-refractivity contribution in [2.24, 2.45) is 5.92 Å². The van der Waals surface area contributed by atoms with Crippen LogP contribution >= 0.6 is 0 Å². The molecule has 0 fully saturated rings. The summed E-state index contributed by atoms with van der Waals surface area (Å²) in [5.41, 5.74) is 0. The van der Waals surface area contributed by atoms with Gasteiger partial charge in [-0.05, 0) is 18.8 Å². The van der Waals surface area contributed by atoms with E-state index in [0.29, 0.717) is 13.0 Å². The number of rotatable bonds is 17. The minimum Gasteiger partial charge on any atom is -0.466 e. The fourth-order valence-corrected chi connectivity index (χ4v) is 2.85.